The Labute approximate surface area is 122 Å². The van der Waals surface area contributed by atoms with Crippen LogP contribution < -0.4 is 0 Å². The fourth-order valence-electron chi connectivity index (χ4n) is 2.73. The van der Waals surface area contributed by atoms with Crippen LogP contribution in [0.1, 0.15) is 24.5 Å². The molecule has 1 fully saturated rings. The summed E-state index contributed by atoms with van der Waals surface area (Å²) in [5.41, 5.74) is 1.58. The number of hydrogen-bond donors (Lipinski definition) is 0. The van der Waals surface area contributed by atoms with Gasteiger partial charge in [-0.25, -0.2) is 18.4 Å². The fraction of sp³-hybridized carbons (Fsp3) is 0.538. The molecule has 0 amide bonds. The number of sulfone groups is 1. The molecular formula is C13H16ClN3O2S. The molecule has 3 rings (SSSR count). The summed E-state index contributed by atoms with van der Waals surface area (Å²) in [6.07, 6.45) is 2.42. The number of aromatic nitrogens is 3. The highest BCUT2D eigenvalue weighted by atomic mass is 35.5. The van der Waals surface area contributed by atoms with Gasteiger partial charge in [0.2, 0.25) is 0 Å². The van der Waals surface area contributed by atoms with E-state index in [1.807, 2.05) is 23.6 Å². The molecule has 3 heterocycles. The average molecular weight is 314 g/mol. The van der Waals surface area contributed by atoms with Gasteiger partial charge >= 0.3 is 0 Å². The number of nitrogens with zero attached hydrogens (tertiary/aromatic N) is 3. The van der Waals surface area contributed by atoms with Gasteiger partial charge in [-0.15, -0.1) is 11.6 Å². The van der Waals surface area contributed by atoms with Gasteiger partial charge in [0.05, 0.1) is 16.9 Å². The number of halogens is 1. The quantitative estimate of drug-likeness (QED) is 0.815. The molecule has 7 heteroatoms. The molecule has 20 heavy (non-hydrogen) atoms. The van der Waals surface area contributed by atoms with Gasteiger partial charge in [0.25, 0.3) is 0 Å². The Balaban J connectivity index is 1.99. The molecule has 0 radical (unpaired) electrons. The first kappa shape index (κ1) is 13.8. The van der Waals surface area contributed by atoms with Crippen molar-refractivity contribution < 1.29 is 8.42 Å². The summed E-state index contributed by atoms with van der Waals surface area (Å²) in [4.78, 5) is 8.86. The number of rotatable bonds is 3. The second-order valence-corrected chi connectivity index (χ2v) is 8.20. The minimum Gasteiger partial charge on any atom is -0.311 e. The summed E-state index contributed by atoms with van der Waals surface area (Å²) in [7, 11) is -2.87. The molecule has 0 aliphatic carbocycles. The van der Waals surface area contributed by atoms with E-state index in [9.17, 15) is 8.42 Å². The molecule has 5 nitrogen and oxygen atoms in total. The number of hydrogen-bond acceptors (Lipinski definition) is 4. The van der Waals surface area contributed by atoms with Crippen LogP contribution in [0, 0.1) is 5.92 Å². The monoisotopic (exact) mass is 313 g/mol. The molecule has 108 valence electrons. The van der Waals surface area contributed by atoms with Crippen molar-refractivity contribution in [2.24, 2.45) is 5.92 Å². The molecule has 2 unspecified atom stereocenters. The van der Waals surface area contributed by atoms with Crippen molar-refractivity contribution in [3.05, 3.63) is 24.2 Å². The predicted molar refractivity (Wildman–Crippen MR) is 78.6 cm³/mol. The van der Waals surface area contributed by atoms with Gasteiger partial charge in [0, 0.05) is 12.7 Å². The highest BCUT2D eigenvalue weighted by Gasteiger charge is 2.29. The first-order valence-corrected chi connectivity index (χ1v) is 8.88. The van der Waals surface area contributed by atoms with Gasteiger partial charge in [-0.3, -0.25) is 0 Å². The van der Waals surface area contributed by atoms with Crippen LogP contribution >= 0.6 is 11.6 Å². The molecule has 0 saturated carbocycles. The molecule has 2 aromatic heterocycles. The Hall–Kier alpha value is -1.14. The lowest BCUT2D eigenvalue weighted by Crippen LogP contribution is -2.15. The molecule has 2 aromatic rings. The zero-order valence-corrected chi connectivity index (χ0v) is 12.7. The van der Waals surface area contributed by atoms with Gasteiger partial charge < -0.3 is 4.57 Å². The largest absolute Gasteiger partial charge is 0.311 e. The summed E-state index contributed by atoms with van der Waals surface area (Å²) < 4.78 is 25.1. The summed E-state index contributed by atoms with van der Waals surface area (Å²) in [6.45, 7) is 2.48. The van der Waals surface area contributed by atoms with E-state index in [4.69, 9.17) is 11.6 Å². The zero-order valence-electron chi connectivity index (χ0n) is 11.2. The third-order valence-corrected chi connectivity index (χ3v) is 5.69. The normalized spacial score (nSPS) is 23.2. The van der Waals surface area contributed by atoms with E-state index in [-0.39, 0.29) is 22.8 Å². The van der Waals surface area contributed by atoms with Gasteiger partial charge in [0.1, 0.15) is 11.3 Å². The maximum absolute atomic E-state index is 11.6. The summed E-state index contributed by atoms with van der Waals surface area (Å²) in [6, 6.07) is 3.73. The van der Waals surface area contributed by atoms with E-state index in [2.05, 4.69) is 9.97 Å². The second kappa shape index (κ2) is 5.00. The average Bonchev–Trinajstić information content (AvgIpc) is 2.91. The lowest BCUT2D eigenvalue weighted by Gasteiger charge is -2.13. The predicted octanol–water partition coefficient (Wildman–Crippen LogP) is 2.17. The Kier molecular flexibility index (Phi) is 3.46. The minimum atomic E-state index is -2.87. The summed E-state index contributed by atoms with van der Waals surface area (Å²) in [5.74, 6) is 1.40. The lowest BCUT2D eigenvalue weighted by atomic mass is 10.1. The van der Waals surface area contributed by atoms with Crippen LogP contribution in [0.25, 0.3) is 11.2 Å². The van der Waals surface area contributed by atoms with Gasteiger partial charge in [-0.2, -0.15) is 0 Å². The van der Waals surface area contributed by atoms with Crippen LogP contribution in [0.3, 0.4) is 0 Å². The molecule has 0 spiro atoms. The van der Waals surface area contributed by atoms with E-state index in [0.29, 0.717) is 13.0 Å². The molecular weight excluding hydrogens is 298 g/mol. The van der Waals surface area contributed by atoms with Gasteiger partial charge in [-0.05, 0) is 31.4 Å². The van der Waals surface area contributed by atoms with Crippen molar-refractivity contribution in [2.45, 2.75) is 25.3 Å². The van der Waals surface area contributed by atoms with Crippen LogP contribution in [0.2, 0.25) is 0 Å². The molecule has 1 aliphatic heterocycles. The van der Waals surface area contributed by atoms with E-state index in [1.54, 1.807) is 6.20 Å². The van der Waals surface area contributed by atoms with Crippen molar-refractivity contribution in [1.29, 1.82) is 0 Å². The van der Waals surface area contributed by atoms with Crippen LogP contribution in [0.4, 0.5) is 0 Å². The fourth-order valence-corrected chi connectivity index (χ4v) is 4.75. The maximum Gasteiger partial charge on any atom is 0.160 e. The van der Waals surface area contributed by atoms with Crippen LogP contribution in [-0.2, 0) is 16.4 Å². The molecule has 1 aliphatic rings. The first-order valence-electron chi connectivity index (χ1n) is 6.62. The second-order valence-electron chi connectivity index (χ2n) is 5.31. The lowest BCUT2D eigenvalue weighted by molar-refractivity contribution is 0.484. The Morgan fingerprint density at radius 3 is 3.00 bits per heavy atom. The van der Waals surface area contributed by atoms with Gasteiger partial charge in [0.15, 0.2) is 15.5 Å². The molecule has 1 saturated heterocycles. The van der Waals surface area contributed by atoms with Crippen molar-refractivity contribution in [1.82, 2.24) is 14.5 Å². The van der Waals surface area contributed by atoms with Crippen molar-refractivity contribution in [3.63, 3.8) is 0 Å². The van der Waals surface area contributed by atoms with E-state index >= 15 is 0 Å². The topological polar surface area (TPSA) is 64.8 Å². The smallest absolute Gasteiger partial charge is 0.160 e. The van der Waals surface area contributed by atoms with E-state index in [1.165, 1.54) is 0 Å². The maximum atomic E-state index is 11.6. The number of fused-ring (bicyclic) bond motifs is 1. The third-order valence-electron chi connectivity index (χ3n) is 3.66. The SMILES string of the molecule is CC(Cl)c1nc2cccnc2n1CC1CCS(=O)(=O)C1. The molecule has 0 N–H and O–H groups in total. The van der Waals surface area contributed by atoms with Crippen LogP contribution in [0.5, 0.6) is 0 Å². The van der Waals surface area contributed by atoms with Crippen molar-refractivity contribution in [3.8, 4) is 0 Å². The standard InChI is InChI=1S/C13H16ClN3O2S/c1-9(14)12-16-11-3-2-5-15-13(11)17(12)7-10-4-6-20(18,19)8-10/h2-3,5,9-10H,4,6-8H2,1H3. The first-order chi connectivity index (χ1) is 9.46. The van der Waals surface area contributed by atoms with Crippen molar-refractivity contribution in [2.75, 3.05) is 11.5 Å². The van der Waals surface area contributed by atoms with E-state index < -0.39 is 9.84 Å². The number of alkyl halides is 1. The Morgan fingerprint density at radius 1 is 1.55 bits per heavy atom. The number of pyridine rings is 1. The minimum absolute atomic E-state index is 0.119. The molecule has 0 bridgehead atoms. The van der Waals surface area contributed by atoms with Gasteiger partial charge in [-0.1, -0.05) is 0 Å². The zero-order chi connectivity index (χ0) is 14.3. The molecule has 2 atom stereocenters. The number of imidazole rings is 1. The van der Waals surface area contributed by atoms with Crippen LogP contribution in [0.15, 0.2) is 18.3 Å². The van der Waals surface area contributed by atoms with Crippen LogP contribution in [-0.4, -0.2) is 34.5 Å². The summed E-state index contributed by atoms with van der Waals surface area (Å²) in [5, 5.41) is -0.234. The third kappa shape index (κ3) is 2.54. The van der Waals surface area contributed by atoms with Crippen molar-refractivity contribution >= 4 is 32.6 Å². The molecule has 0 aromatic carbocycles. The highest BCUT2D eigenvalue weighted by Crippen LogP contribution is 2.27. The summed E-state index contributed by atoms with van der Waals surface area (Å²) >= 11 is 6.19. The van der Waals surface area contributed by atoms with E-state index in [0.717, 1.165) is 17.0 Å². The Morgan fingerprint density at radius 2 is 2.35 bits per heavy atom. The highest BCUT2D eigenvalue weighted by molar-refractivity contribution is 7.91. The Bertz CT molecular complexity index is 739.